The summed E-state index contributed by atoms with van der Waals surface area (Å²) in [5, 5.41) is 8.64. The van der Waals surface area contributed by atoms with Gasteiger partial charge in [0, 0.05) is 19.0 Å². The minimum atomic E-state index is -0.839. The molecule has 1 amide bonds. The van der Waals surface area contributed by atoms with Crippen molar-refractivity contribution >= 4 is 11.9 Å². The lowest BCUT2D eigenvalue weighted by Crippen LogP contribution is -2.36. The van der Waals surface area contributed by atoms with E-state index in [2.05, 4.69) is 0 Å². The van der Waals surface area contributed by atoms with Crippen LogP contribution in [0.15, 0.2) is 0 Å². The maximum absolute atomic E-state index is 12.0. The second-order valence-electron chi connectivity index (χ2n) is 5.70. The Hall–Kier alpha value is -1.06. The highest BCUT2D eigenvalue weighted by Crippen LogP contribution is 2.29. The predicted octanol–water partition coefficient (Wildman–Crippen LogP) is 1.89. The summed E-state index contributed by atoms with van der Waals surface area (Å²) in [7, 11) is 0. The summed E-state index contributed by atoms with van der Waals surface area (Å²) in [6.45, 7) is 6.42. The molecule has 0 bridgehead atoms. The topological polar surface area (TPSA) is 57.6 Å². The molecule has 0 aromatic heterocycles. The van der Waals surface area contributed by atoms with Gasteiger partial charge in [0.15, 0.2) is 0 Å². The van der Waals surface area contributed by atoms with E-state index in [0.29, 0.717) is 19.0 Å². The molecular formula is C12H21NO3. The first-order chi connectivity index (χ1) is 7.29. The Morgan fingerprint density at radius 1 is 1.31 bits per heavy atom. The maximum atomic E-state index is 12.0. The van der Waals surface area contributed by atoms with Crippen LogP contribution >= 0.6 is 0 Å². The third kappa shape index (κ3) is 4.64. The zero-order chi connectivity index (χ0) is 12.3. The number of hydrogen-bond donors (Lipinski definition) is 1. The largest absolute Gasteiger partial charge is 0.481 e. The summed E-state index contributed by atoms with van der Waals surface area (Å²) in [5.41, 5.74) is -0.0343. The van der Waals surface area contributed by atoms with Crippen LogP contribution in [0, 0.1) is 5.41 Å². The van der Waals surface area contributed by atoms with Crippen molar-refractivity contribution in [2.45, 2.75) is 52.5 Å². The van der Waals surface area contributed by atoms with Crippen molar-refractivity contribution in [3.05, 3.63) is 0 Å². The van der Waals surface area contributed by atoms with E-state index < -0.39 is 5.97 Å². The normalized spacial score (nSPS) is 15.9. The number of amides is 1. The minimum Gasteiger partial charge on any atom is -0.481 e. The Bertz CT molecular complexity index is 276. The number of carbonyl (C=O) groups excluding carboxylic acids is 1. The molecule has 0 heterocycles. The van der Waals surface area contributed by atoms with Crippen molar-refractivity contribution in [1.29, 1.82) is 0 Å². The summed E-state index contributed by atoms with van der Waals surface area (Å²) < 4.78 is 0. The highest BCUT2D eigenvalue weighted by atomic mass is 16.4. The predicted molar refractivity (Wildman–Crippen MR) is 61.1 cm³/mol. The smallest absolute Gasteiger partial charge is 0.305 e. The molecule has 0 aliphatic heterocycles. The van der Waals surface area contributed by atoms with Crippen LogP contribution in [0.4, 0.5) is 0 Å². The molecule has 0 spiro atoms. The van der Waals surface area contributed by atoms with Crippen LogP contribution in [0.3, 0.4) is 0 Å². The Balaban J connectivity index is 2.49. The molecule has 0 atom stereocenters. The van der Waals surface area contributed by atoms with Gasteiger partial charge in [-0.1, -0.05) is 20.8 Å². The van der Waals surface area contributed by atoms with E-state index in [9.17, 15) is 9.59 Å². The number of carbonyl (C=O) groups is 2. The van der Waals surface area contributed by atoms with Gasteiger partial charge in [0.1, 0.15) is 0 Å². The molecule has 16 heavy (non-hydrogen) atoms. The molecule has 1 aliphatic carbocycles. The molecular weight excluding hydrogens is 206 g/mol. The number of nitrogens with zero attached hydrogens (tertiary/aromatic N) is 1. The fourth-order valence-electron chi connectivity index (χ4n) is 1.67. The lowest BCUT2D eigenvalue weighted by atomic mass is 9.91. The molecule has 0 radical (unpaired) electrons. The molecule has 4 nitrogen and oxygen atoms in total. The highest BCUT2D eigenvalue weighted by molar-refractivity contribution is 5.78. The number of hydrogen-bond acceptors (Lipinski definition) is 2. The van der Waals surface area contributed by atoms with Crippen molar-refractivity contribution in [3.63, 3.8) is 0 Å². The fraction of sp³-hybridized carbons (Fsp3) is 0.833. The lowest BCUT2D eigenvalue weighted by Gasteiger charge is -2.26. The van der Waals surface area contributed by atoms with Crippen LogP contribution in [-0.2, 0) is 9.59 Å². The second-order valence-corrected chi connectivity index (χ2v) is 5.70. The SMILES string of the molecule is CC(C)(C)CC(=O)N(CCC(=O)O)C1CC1. The zero-order valence-corrected chi connectivity index (χ0v) is 10.3. The molecule has 1 aliphatic rings. The van der Waals surface area contributed by atoms with Crippen LogP contribution < -0.4 is 0 Å². The summed E-state index contributed by atoms with van der Waals surface area (Å²) in [4.78, 5) is 24.3. The van der Waals surface area contributed by atoms with Crippen LogP contribution in [0.1, 0.15) is 46.5 Å². The van der Waals surface area contributed by atoms with Gasteiger partial charge >= 0.3 is 5.97 Å². The molecule has 0 unspecified atom stereocenters. The van der Waals surface area contributed by atoms with Crippen molar-refractivity contribution in [1.82, 2.24) is 4.90 Å². The quantitative estimate of drug-likeness (QED) is 0.780. The first-order valence-corrected chi connectivity index (χ1v) is 5.81. The Labute approximate surface area is 96.6 Å². The Morgan fingerprint density at radius 2 is 1.88 bits per heavy atom. The average Bonchev–Trinajstić information content (AvgIpc) is 2.84. The van der Waals surface area contributed by atoms with Crippen molar-refractivity contribution in [2.24, 2.45) is 5.41 Å². The molecule has 1 fully saturated rings. The minimum absolute atomic E-state index is 0.0343. The molecule has 0 aromatic rings. The second kappa shape index (κ2) is 4.85. The summed E-state index contributed by atoms with van der Waals surface area (Å²) >= 11 is 0. The fourth-order valence-corrected chi connectivity index (χ4v) is 1.67. The van der Waals surface area contributed by atoms with Gasteiger partial charge < -0.3 is 10.0 Å². The first-order valence-electron chi connectivity index (χ1n) is 5.81. The van der Waals surface area contributed by atoms with E-state index in [1.165, 1.54) is 0 Å². The van der Waals surface area contributed by atoms with Crippen molar-refractivity contribution in [3.8, 4) is 0 Å². The Morgan fingerprint density at radius 3 is 2.25 bits per heavy atom. The number of aliphatic carboxylic acids is 1. The van der Waals surface area contributed by atoms with Crippen LogP contribution in [-0.4, -0.2) is 34.5 Å². The van der Waals surface area contributed by atoms with Gasteiger partial charge in [-0.15, -0.1) is 0 Å². The number of rotatable bonds is 5. The zero-order valence-electron chi connectivity index (χ0n) is 10.3. The third-order valence-corrected chi connectivity index (χ3v) is 2.56. The van der Waals surface area contributed by atoms with Crippen LogP contribution in [0.25, 0.3) is 0 Å². The van der Waals surface area contributed by atoms with E-state index >= 15 is 0 Å². The summed E-state index contributed by atoms with van der Waals surface area (Å²) in [6.07, 6.45) is 2.58. The van der Waals surface area contributed by atoms with E-state index in [0.717, 1.165) is 12.8 Å². The third-order valence-electron chi connectivity index (χ3n) is 2.56. The average molecular weight is 227 g/mol. The summed E-state index contributed by atoms with van der Waals surface area (Å²) in [6, 6.07) is 0.300. The lowest BCUT2D eigenvalue weighted by molar-refractivity contribution is -0.139. The van der Waals surface area contributed by atoms with Gasteiger partial charge in [0.25, 0.3) is 0 Å². The van der Waals surface area contributed by atoms with Crippen molar-refractivity contribution in [2.75, 3.05) is 6.54 Å². The van der Waals surface area contributed by atoms with E-state index in [4.69, 9.17) is 5.11 Å². The van der Waals surface area contributed by atoms with Crippen LogP contribution in [0.2, 0.25) is 0 Å². The standard InChI is InChI=1S/C12H21NO3/c1-12(2,3)8-10(14)13(9-4-5-9)7-6-11(15)16/h9H,4-8H2,1-3H3,(H,15,16). The van der Waals surface area contributed by atoms with Crippen molar-refractivity contribution < 1.29 is 14.7 Å². The molecule has 4 heteroatoms. The van der Waals surface area contributed by atoms with Gasteiger partial charge in [0.05, 0.1) is 6.42 Å². The summed E-state index contributed by atoms with van der Waals surface area (Å²) in [5.74, 6) is -0.745. The molecule has 0 aromatic carbocycles. The highest BCUT2D eigenvalue weighted by Gasteiger charge is 2.33. The first kappa shape index (κ1) is 13.0. The molecule has 1 N–H and O–H groups in total. The maximum Gasteiger partial charge on any atom is 0.305 e. The van der Waals surface area contributed by atoms with E-state index in [1.54, 1.807) is 4.90 Å². The number of carboxylic acids is 1. The number of carboxylic acid groups (broad SMARTS) is 1. The van der Waals surface area contributed by atoms with Gasteiger partial charge in [0.2, 0.25) is 5.91 Å². The molecule has 1 saturated carbocycles. The van der Waals surface area contributed by atoms with Gasteiger partial charge in [-0.05, 0) is 18.3 Å². The van der Waals surface area contributed by atoms with Gasteiger partial charge in [-0.3, -0.25) is 9.59 Å². The van der Waals surface area contributed by atoms with Gasteiger partial charge in [-0.25, -0.2) is 0 Å². The Kier molecular flexibility index (Phi) is 3.94. The monoisotopic (exact) mass is 227 g/mol. The molecule has 92 valence electrons. The van der Waals surface area contributed by atoms with E-state index in [-0.39, 0.29) is 17.7 Å². The van der Waals surface area contributed by atoms with Crippen LogP contribution in [0.5, 0.6) is 0 Å². The molecule has 0 saturated heterocycles. The van der Waals surface area contributed by atoms with Gasteiger partial charge in [-0.2, -0.15) is 0 Å². The molecule has 1 rings (SSSR count). The van der Waals surface area contributed by atoms with E-state index in [1.807, 2.05) is 20.8 Å².